The third-order valence-corrected chi connectivity index (χ3v) is 1.97. The van der Waals surface area contributed by atoms with Crippen LogP contribution in [0, 0.1) is 21.3 Å². The summed E-state index contributed by atoms with van der Waals surface area (Å²) in [5.41, 5.74) is 4.73. The smallest absolute Gasteiger partial charge is 0.313 e. The Kier molecular flexibility index (Phi) is 4.38. The van der Waals surface area contributed by atoms with E-state index in [9.17, 15) is 14.5 Å². The molecule has 6 nitrogen and oxygen atoms in total. The quantitative estimate of drug-likeness (QED) is 0.261. The fraction of sp³-hybridized carbons (Fsp3) is 0.300. The summed E-state index contributed by atoms with van der Waals surface area (Å²) in [5, 5.41) is 17.6. The molecule has 1 rings (SSSR count). The first-order chi connectivity index (χ1) is 8.00. The van der Waals surface area contributed by atoms with E-state index in [2.05, 4.69) is 0 Å². The SMILES string of the molecule is N=C(N)CCCOc1ccc(F)cc1[N+](=O)[O-]. The van der Waals surface area contributed by atoms with Crippen LogP contribution < -0.4 is 10.5 Å². The van der Waals surface area contributed by atoms with Gasteiger partial charge in [0.1, 0.15) is 5.82 Å². The van der Waals surface area contributed by atoms with E-state index in [4.69, 9.17) is 15.9 Å². The monoisotopic (exact) mass is 241 g/mol. The van der Waals surface area contributed by atoms with Crippen LogP contribution in [0.25, 0.3) is 0 Å². The molecule has 0 fully saturated rings. The zero-order chi connectivity index (χ0) is 12.8. The maximum absolute atomic E-state index is 12.8. The van der Waals surface area contributed by atoms with Gasteiger partial charge in [0.25, 0.3) is 0 Å². The first kappa shape index (κ1) is 12.9. The van der Waals surface area contributed by atoms with Crippen LogP contribution in [0.3, 0.4) is 0 Å². The lowest BCUT2D eigenvalue weighted by Crippen LogP contribution is -2.11. The van der Waals surface area contributed by atoms with Crippen molar-refractivity contribution in [3.8, 4) is 5.75 Å². The molecule has 0 aliphatic rings. The molecule has 0 bridgehead atoms. The summed E-state index contributed by atoms with van der Waals surface area (Å²) >= 11 is 0. The third-order valence-electron chi connectivity index (χ3n) is 1.97. The number of amidine groups is 1. The molecule has 0 amide bonds. The van der Waals surface area contributed by atoms with E-state index in [1.165, 1.54) is 6.07 Å². The summed E-state index contributed by atoms with van der Waals surface area (Å²) in [4.78, 5) is 9.91. The average molecular weight is 241 g/mol. The summed E-state index contributed by atoms with van der Waals surface area (Å²) in [6.45, 7) is 0.187. The number of halogens is 1. The van der Waals surface area contributed by atoms with Crippen molar-refractivity contribution in [2.24, 2.45) is 5.73 Å². The van der Waals surface area contributed by atoms with Gasteiger partial charge in [-0.25, -0.2) is 4.39 Å². The van der Waals surface area contributed by atoms with Crippen LogP contribution in [0.4, 0.5) is 10.1 Å². The van der Waals surface area contributed by atoms with Crippen LogP contribution in [0.15, 0.2) is 18.2 Å². The second kappa shape index (κ2) is 5.78. The second-order valence-corrected chi connectivity index (χ2v) is 3.35. The number of nitro groups is 1. The molecule has 0 radical (unpaired) electrons. The Morgan fingerprint density at radius 3 is 2.88 bits per heavy atom. The topological polar surface area (TPSA) is 102 Å². The lowest BCUT2D eigenvalue weighted by atomic mass is 10.3. The standard InChI is InChI=1S/C10H12FN3O3/c11-7-3-4-9(8(6-7)14(15)16)17-5-1-2-10(12)13/h3-4,6H,1-2,5H2,(H3,12,13). The van der Waals surface area contributed by atoms with Crippen molar-refractivity contribution in [3.05, 3.63) is 34.1 Å². The molecule has 0 aromatic heterocycles. The fourth-order valence-corrected chi connectivity index (χ4v) is 1.20. The predicted octanol–water partition coefficient (Wildman–Crippen LogP) is 1.83. The van der Waals surface area contributed by atoms with Crippen molar-refractivity contribution in [2.75, 3.05) is 6.61 Å². The minimum Gasteiger partial charge on any atom is -0.487 e. The highest BCUT2D eigenvalue weighted by atomic mass is 19.1. The van der Waals surface area contributed by atoms with E-state index >= 15 is 0 Å². The van der Waals surface area contributed by atoms with Crippen molar-refractivity contribution in [1.29, 1.82) is 5.41 Å². The molecule has 0 saturated carbocycles. The van der Waals surface area contributed by atoms with E-state index in [1.807, 2.05) is 0 Å². The van der Waals surface area contributed by atoms with Gasteiger partial charge in [0.05, 0.1) is 23.4 Å². The highest BCUT2D eigenvalue weighted by Gasteiger charge is 2.15. The number of ether oxygens (including phenoxy) is 1. The lowest BCUT2D eigenvalue weighted by Gasteiger charge is -2.06. The molecule has 0 aliphatic carbocycles. The van der Waals surface area contributed by atoms with E-state index in [1.54, 1.807) is 0 Å². The summed E-state index contributed by atoms with van der Waals surface area (Å²) in [6.07, 6.45) is 0.832. The fourth-order valence-electron chi connectivity index (χ4n) is 1.20. The molecule has 92 valence electrons. The molecular formula is C10H12FN3O3. The molecule has 1 aromatic carbocycles. The molecule has 0 spiro atoms. The maximum Gasteiger partial charge on any atom is 0.313 e. The Bertz CT molecular complexity index is 437. The van der Waals surface area contributed by atoms with E-state index < -0.39 is 16.4 Å². The normalized spacial score (nSPS) is 9.94. The minimum absolute atomic E-state index is 0.0138. The van der Waals surface area contributed by atoms with Crippen molar-refractivity contribution in [1.82, 2.24) is 0 Å². The van der Waals surface area contributed by atoms with E-state index in [-0.39, 0.29) is 18.2 Å². The molecule has 17 heavy (non-hydrogen) atoms. The predicted molar refractivity (Wildman–Crippen MR) is 59.7 cm³/mol. The Hall–Kier alpha value is -2.18. The molecular weight excluding hydrogens is 229 g/mol. The van der Waals surface area contributed by atoms with Crippen LogP contribution in [-0.4, -0.2) is 17.4 Å². The second-order valence-electron chi connectivity index (χ2n) is 3.35. The Balaban J connectivity index is 2.64. The van der Waals surface area contributed by atoms with E-state index in [0.29, 0.717) is 12.8 Å². The first-order valence-electron chi connectivity index (χ1n) is 4.90. The Morgan fingerprint density at radius 2 is 2.29 bits per heavy atom. The van der Waals surface area contributed by atoms with Crippen LogP contribution >= 0.6 is 0 Å². The van der Waals surface area contributed by atoms with Crippen LogP contribution in [-0.2, 0) is 0 Å². The van der Waals surface area contributed by atoms with Gasteiger partial charge in [0.2, 0.25) is 0 Å². The van der Waals surface area contributed by atoms with Gasteiger partial charge in [-0.15, -0.1) is 0 Å². The summed E-state index contributed by atoms with van der Waals surface area (Å²) in [7, 11) is 0. The Morgan fingerprint density at radius 1 is 1.59 bits per heavy atom. The van der Waals surface area contributed by atoms with Gasteiger partial charge in [-0.1, -0.05) is 0 Å². The zero-order valence-corrected chi connectivity index (χ0v) is 8.98. The molecule has 0 atom stereocenters. The third kappa shape index (κ3) is 4.06. The van der Waals surface area contributed by atoms with Gasteiger partial charge < -0.3 is 10.5 Å². The van der Waals surface area contributed by atoms with Crippen LogP contribution in [0.5, 0.6) is 5.75 Å². The van der Waals surface area contributed by atoms with Crippen molar-refractivity contribution in [2.45, 2.75) is 12.8 Å². The lowest BCUT2D eigenvalue weighted by molar-refractivity contribution is -0.386. The number of hydrogen-bond acceptors (Lipinski definition) is 4. The summed E-state index contributed by atoms with van der Waals surface area (Å²) < 4.78 is 17.9. The largest absolute Gasteiger partial charge is 0.487 e. The van der Waals surface area contributed by atoms with Gasteiger partial charge in [-0.2, -0.15) is 0 Å². The Labute approximate surface area is 96.8 Å². The van der Waals surface area contributed by atoms with Gasteiger partial charge >= 0.3 is 5.69 Å². The van der Waals surface area contributed by atoms with Crippen LogP contribution in [0.2, 0.25) is 0 Å². The minimum atomic E-state index is -0.705. The average Bonchev–Trinajstić information content (AvgIpc) is 2.25. The number of nitrogens with two attached hydrogens (primary N) is 1. The van der Waals surface area contributed by atoms with E-state index in [0.717, 1.165) is 12.1 Å². The number of nitrogens with zero attached hydrogens (tertiary/aromatic N) is 1. The molecule has 0 heterocycles. The highest BCUT2D eigenvalue weighted by Crippen LogP contribution is 2.27. The zero-order valence-electron chi connectivity index (χ0n) is 8.98. The van der Waals surface area contributed by atoms with Gasteiger partial charge in [0, 0.05) is 6.42 Å². The number of benzene rings is 1. The van der Waals surface area contributed by atoms with Gasteiger partial charge in [0.15, 0.2) is 5.75 Å². The van der Waals surface area contributed by atoms with Crippen molar-refractivity contribution < 1.29 is 14.1 Å². The number of hydrogen-bond donors (Lipinski definition) is 2. The van der Waals surface area contributed by atoms with Gasteiger partial charge in [-0.3, -0.25) is 15.5 Å². The van der Waals surface area contributed by atoms with Crippen molar-refractivity contribution in [3.63, 3.8) is 0 Å². The molecule has 0 aliphatic heterocycles. The number of nitrogens with one attached hydrogen (secondary N) is 1. The summed E-state index contributed by atoms with van der Waals surface area (Å²) in [5.74, 6) is -0.644. The van der Waals surface area contributed by atoms with Crippen molar-refractivity contribution >= 4 is 11.5 Å². The van der Waals surface area contributed by atoms with Crippen LogP contribution in [0.1, 0.15) is 12.8 Å². The van der Waals surface area contributed by atoms with Gasteiger partial charge in [-0.05, 0) is 18.6 Å². The highest BCUT2D eigenvalue weighted by molar-refractivity contribution is 5.76. The maximum atomic E-state index is 12.8. The molecule has 1 aromatic rings. The summed E-state index contributed by atoms with van der Waals surface area (Å²) in [6, 6.07) is 3.11. The molecule has 7 heteroatoms. The first-order valence-corrected chi connectivity index (χ1v) is 4.90. The molecule has 3 N–H and O–H groups in total. The number of nitro benzene ring substituents is 1. The number of rotatable bonds is 6. The molecule has 0 unspecified atom stereocenters. The molecule has 0 saturated heterocycles.